The number of hydrogen-bond acceptors (Lipinski definition) is 8. The molecule has 46 heavy (non-hydrogen) atoms. The van der Waals surface area contributed by atoms with Crippen molar-refractivity contribution in [2.75, 3.05) is 24.4 Å². The van der Waals surface area contributed by atoms with Gasteiger partial charge in [0, 0.05) is 29.4 Å². The van der Waals surface area contributed by atoms with Crippen molar-refractivity contribution in [3.8, 4) is 17.2 Å². The number of anilines is 2. The Morgan fingerprint density at radius 1 is 0.804 bits per heavy atom. The highest BCUT2D eigenvalue weighted by Gasteiger charge is 2.70. The Labute approximate surface area is 265 Å². The fourth-order valence-electron chi connectivity index (χ4n) is 7.31. The molecule has 0 bridgehead atoms. The molecule has 4 atom stereocenters. The third kappa shape index (κ3) is 4.23. The lowest BCUT2D eigenvalue weighted by Gasteiger charge is -2.37. The first-order chi connectivity index (χ1) is 22.3. The normalized spacial score (nSPS) is 22.0. The number of ketones is 2. The van der Waals surface area contributed by atoms with Gasteiger partial charge in [0.2, 0.25) is 5.91 Å². The zero-order valence-electron chi connectivity index (χ0n) is 25.4. The van der Waals surface area contributed by atoms with Gasteiger partial charge < -0.3 is 24.4 Å². The number of nitrogens with zero attached hydrogens (tertiary/aromatic N) is 1. The molecule has 9 heteroatoms. The quantitative estimate of drug-likeness (QED) is 0.165. The van der Waals surface area contributed by atoms with E-state index < -0.39 is 29.4 Å². The van der Waals surface area contributed by atoms with E-state index in [2.05, 4.69) is 5.32 Å². The first-order valence-electron chi connectivity index (χ1n) is 14.8. The van der Waals surface area contributed by atoms with Crippen molar-refractivity contribution >= 4 is 40.9 Å². The summed E-state index contributed by atoms with van der Waals surface area (Å²) >= 11 is 0. The van der Waals surface area contributed by atoms with Crippen LogP contribution in [0, 0.1) is 5.92 Å². The molecule has 230 valence electrons. The number of Topliss-reactive ketones (excluding diaryl/α,β-unsaturated/α-hetero) is 2. The smallest absolute Gasteiger partial charge is 0.308 e. The highest BCUT2D eigenvalue weighted by atomic mass is 16.5. The number of para-hydroxylation sites is 2. The lowest BCUT2D eigenvalue weighted by molar-refractivity contribution is -0.131. The van der Waals surface area contributed by atoms with E-state index in [1.165, 1.54) is 21.1 Å². The number of hydrogen-bond donors (Lipinski definition) is 1. The number of carbonyl (C=O) groups is 4. The van der Waals surface area contributed by atoms with E-state index >= 15 is 4.79 Å². The summed E-state index contributed by atoms with van der Waals surface area (Å²) in [6.07, 6.45) is 3.88. The fraction of sp³-hybridized carbons (Fsp3) is 0.189. The minimum Gasteiger partial charge on any atom is -0.493 e. The summed E-state index contributed by atoms with van der Waals surface area (Å²) in [5.74, 6) is -1.65. The number of methoxy groups -OCH3 is 2. The van der Waals surface area contributed by atoms with Crippen LogP contribution >= 0.6 is 0 Å². The zero-order chi connectivity index (χ0) is 32.2. The molecule has 0 unspecified atom stereocenters. The molecule has 7 rings (SSSR count). The highest BCUT2D eigenvalue weighted by Crippen LogP contribution is 2.58. The Bertz CT molecular complexity index is 1950. The number of rotatable bonds is 7. The maximum atomic E-state index is 15.1. The highest BCUT2D eigenvalue weighted by molar-refractivity contribution is 6.18. The van der Waals surface area contributed by atoms with E-state index in [9.17, 15) is 14.4 Å². The second-order valence-electron chi connectivity index (χ2n) is 11.5. The Morgan fingerprint density at radius 3 is 2.24 bits per heavy atom. The van der Waals surface area contributed by atoms with E-state index in [4.69, 9.17) is 14.2 Å². The molecule has 0 radical (unpaired) electrons. The van der Waals surface area contributed by atoms with Gasteiger partial charge in [-0.3, -0.25) is 19.2 Å². The maximum Gasteiger partial charge on any atom is 0.308 e. The topological polar surface area (TPSA) is 111 Å². The molecule has 4 aromatic rings. The van der Waals surface area contributed by atoms with Crippen LogP contribution < -0.4 is 24.4 Å². The summed E-state index contributed by atoms with van der Waals surface area (Å²) in [5.41, 5.74) is 1.98. The number of esters is 1. The largest absolute Gasteiger partial charge is 0.493 e. The van der Waals surface area contributed by atoms with E-state index in [-0.39, 0.29) is 28.8 Å². The van der Waals surface area contributed by atoms with Crippen LogP contribution in [-0.2, 0) is 15.0 Å². The molecule has 1 saturated heterocycles. The van der Waals surface area contributed by atoms with Crippen molar-refractivity contribution < 1.29 is 33.4 Å². The van der Waals surface area contributed by atoms with Gasteiger partial charge in [-0.2, -0.15) is 0 Å². The van der Waals surface area contributed by atoms with Crippen molar-refractivity contribution in [3.05, 3.63) is 119 Å². The molecule has 1 fully saturated rings. The zero-order valence-corrected chi connectivity index (χ0v) is 25.4. The second-order valence-corrected chi connectivity index (χ2v) is 11.5. The molecule has 3 heterocycles. The molecule has 1 amide bonds. The Balaban J connectivity index is 1.48. The fourth-order valence-corrected chi connectivity index (χ4v) is 7.31. The molecular weight excluding hydrogens is 584 g/mol. The van der Waals surface area contributed by atoms with Crippen LogP contribution in [-0.4, -0.2) is 49.7 Å². The van der Waals surface area contributed by atoms with Crippen LogP contribution in [0.3, 0.4) is 0 Å². The summed E-state index contributed by atoms with van der Waals surface area (Å²) in [6, 6.07) is 24.3. The number of fused-ring (bicyclic) bond motifs is 6. The van der Waals surface area contributed by atoms with Crippen LogP contribution in [0.25, 0.3) is 6.08 Å². The van der Waals surface area contributed by atoms with E-state index in [1.807, 2.05) is 65.6 Å². The van der Waals surface area contributed by atoms with Crippen molar-refractivity contribution in [2.45, 2.75) is 24.4 Å². The Kier molecular flexibility index (Phi) is 6.96. The number of amides is 1. The van der Waals surface area contributed by atoms with Gasteiger partial charge in [0.05, 0.1) is 26.2 Å². The number of nitrogens with one attached hydrogen (secondary N) is 1. The summed E-state index contributed by atoms with van der Waals surface area (Å²) in [7, 11) is 2.99. The van der Waals surface area contributed by atoms with E-state index in [0.29, 0.717) is 28.3 Å². The second kappa shape index (κ2) is 11.0. The summed E-state index contributed by atoms with van der Waals surface area (Å²) in [4.78, 5) is 57.9. The van der Waals surface area contributed by atoms with Gasteiger partial charge in [-0.15, -0.1) is 0 Å². The predicted molar refractivity (Wildman–Crippen MR) is 172 cm³/mol. The summed E-state index contributed by atoms with van der Waals surface area (Å²) < 4.78 is 16.1. The molecule has 4 aromatic carbocycles. The third-order valence-electron chi connectivity index (χ3n) is 9.16. The maximum absolute atomic E-state index is 15.1. The Morgan fingerprint density at radius 2 is 1.50 bits per heavy atom. The van der Waals surface area contributed by atoms with E-state index in [0.717, 1.165) is 11.3 Å². The van der Waals surface area contributed by atoms with E-state index in [1.54, 1.807) is 42.5 Å². The van der Waals surface area contributed by atoms with Crippen LogP contribution in [0.15, 0.2) is 97.1 Å². The van der Waals surface area contributed by atoms with Crippen LogP contribution in [0.4, 0.5) is 11.4 Å². The van der Waals surface area contributed by atoms with Gasteiger partial charge in [-0.1, -0.05) is 48.6 Å². The predicted octanol–water partition coefficient (Wildman–Crippen LogP) is 5.49. The molecule has 1 N–H and O–H groups in total. The molecule has 1 spiro atoms. The third-order valence-corrected chi connectivity index (χ3v) is 9.16. The van der Waals surface area contributed by atoms with Gasteiger partial charge in [-0.05, 0) is 65.7 Å². The van der Waals surface area contributed by atoms with Gasteiger partial charge in [0.15, 0.2) is 23.1 Å². The summed E-state index contributed by atoms with van der Waals surface area (Å²) in [5, 5.41) is 3.03. The minimum atomic E-state index is -1.46. The molecule has 9 nitrogen and oxygen atoms in total. The van der Waals surface area contributed by atoms with Crippen molar-refractivity contribution in [3.63, 3.8) is 0 Å². The van der Waals surface area contributed by atoms with Gasteiger partial charge in [0.25, 0.3) is 0 Å². The first kappa shape index (κ1) is 29.0. The number of carbonyl (C=O) groups excluding carboxylic acids is 4. The molecule has 3 aliphatic heterocycles. The molecular formula is C37H30N2O7. The SMILES string of the molecule is COc1ccc(C(=O)[C@H]2[C@@H](C(=O)c3ccc(OC(C)=O)cc3)N3c4ccccc4C=C[C@@H]3[C@@]23C(=O)Nc2ccccc23)cc1OC. The van der Waals surface area contributed by atoms with Crippen molar-refractivity contribution in [1.29, 1.82) is 0 Å². The minimum absolute atomic E-state index is 0.277. The standard InChI is InChI=1S/C37H30N2O7/c1-21(40)46-25-16-12-23(13-17-25)35(42)33-32(34(41)24-14-18-29(44-2)30(20-24)45-3)37(26-9-5-6-10-27(26)38-36(37)43)31-19-15-22-8-4-7-11-28(22)39(31)33/h4-20,31-33H,1-3H3,(H,38,43)/t31-,32-,33+,37-/m1/s1. The van der Waals surface area contributed by atoms with Gasteiger partial charge >= 0.3 is 5.97 Å². The van der Waals surface area contributed by atoms with Crippen molar-refractivity contribution in [2.24, 2.45) is 5.92 Å². The molecule has 3 aliphatic rings. The summed E-state index contributed by atoms with van der Waals surface area (Å²) in [6.45, 7) is 1.30. The van der Waals surface area contributed by atoms with Gasteiger partial charge in [-0.25, -0.2) is 0 Å². The average molecular weight is 615 g/mol. The lowest BCUT2D eigenvalue weighted by atomic mass is 9.64. The number of ether oxygens (including phenoxy) is 3. The van der Waals surface area contributed by atoms with Gasteiger partial charge in [0.1, 0.15) is 17.2 Å². The first-order valence-corrected chi connectivity index (χ1v) is 14.8. The molecule has 0 aromatic heterocycles. The Hall–Kier alpha value is -5.70. The van der Waals surface area contributed by atoms with Crippen LogP contribution in [0.1, 0.15) is 38.8 Å². The van der Waals surface area contributed by atoms with Crippen LogP contribution in [0.2, 0.25) is 0 Å². The number of benzene rings is 4. The van der Waals surface area contributed by atoms with Crippen molar-refractivity contribution in [1.82, 2.24) is 0 Å². The molecule has 0 aliphatic carbocycles. The van der Waals surface area contributed by atoms with Crippen LogP contribution in [0.5, 0.6) is 17.2 Å². The average Bonchev–Trinajstić information content (AvgIpc) is 3.55. The molecule has 0 saturated carbocycles. The monoisotopic (exact) mass is 614 g/mol. The lowest BCUT2D eigenvalue weighted by Crippen LogP contribution is -2.51.